The maximum absolute atomic E-state index is 11.7. The van der Waals surface area contributed by atoms with Crippen LogP contribution < -0.4 is 10.6 Å². The van der Waals surface area contributed by atoms with Crippen LogP contribution in [-0.2, 0) is 9.59 Å². The summed E-state index contributed by atoms with van der Waals surface area (Å²) in [7, 11) is 0. The average molecular weight is 266 g/mol. The Morgan fingerprint density at radius 2 is 2.00 bits per heavy atom. The zero-order chi connectivity index (χ0) is 14.6. The van der Waals surface area contributed by atoms with Crippen LogP contribution in [0.25, 0.3) is 0 Å². The highest BCUT2D eigenvalue weighted by Gasteiger charge is 2.21. The van der Waals surface area contributed by atoms with Gasteiger partial charge in [0.1, 0.15) is 5.82 Å². The molecular formula is C13H22N4O2. The molecule has 106 valence electrons. The van der Waals surface area contributed by atoms with E-state index in [1.807, 2.05) is 13.8 Å². The summed E-state index contributed by atoms with van der Waals surface area (Å²) >= 11 is 0. The summed E-state index contributed by atoms with van der Waals surface area (Å²) in [5.74, 6) is 0.213. The summed E-state index contributed by atoms with van der Waals surface area (Å²) in [5.41, 5.74) is -0.500. The Morgan fingerprint density at radius 1 is 1.37 bits per heavy atom. The molecule has 6 heteroatoms. The van der Waals surface area contributed by atoms with Crippen LogP contribution in [0.4, 0.5) is 5.82 Å². The standard InChI is InChI=1S/C13H22N4O2/c1-9(2)17-10(6-7-15-17)16-11(18)8-14-12(19)13(3,4)5/h6-7,9H,8H2,1-5H3,(H,14,19)(H,16,18). The Kier molecular flexibility index (Phi) is 4.69. The molecule has 0 atom stereocenters. The van der Waals surface area contributed by atoms with E-state index in [4.69, 9.17) is 0 Å². The molecule has 1 rings (SSSR count). The summed E-state index contributed by atoms with van der Waals surface area (Å²) in [6, 6.07) is 1.89. The Balaban J connectivity index is 2.52. The van der Waals surface area contributed by atoms with Crippen LogP contribution >= 0.6 is 0 Å². The van der Waals surface area contributed by atoms with Gasteiger partial charge in [-0.15, -0.1) is 0 Å². The van der Waals surface area contributed by atoms with E-state index >= 15 is 0 Å². The summed E-state index contributed by atoms with van der Waals surface area (Å²) in [5, 5.41) is 9.45. The van der Waals surface area contributed by atoms with Crippen molar-refractivity contribution in [1.29, 1.82) is 0 Å². The minimum atomic E-state index is -0.500. The lowest BCUT2D eigenvalue weighted by Gasteiger charge is -2.17. The first kappa shape index (κ1) is 15.2. The van der Waals surface area contributed by atoms with E-state index in [9.17, 15) is 9.59 Å². The van der Waals surface area contributed by atoms with E-state index in [2.05, 4.69) is 15.7 Å². The second-order valence-corrected chi connectivity index (χ2v) is 5.74. The van der Waals surface area contributed by atoms with Crippen molar-refractivity contribution in [2.75, 3.05) is 11.9 Å². The molecule has 0 bridgehead atoms. The SMILES string of the molecule is CC(C)n1nccc1NC(=O)CNC(=O)C(C)(C)C. The van der Waals surface area contributed by atoms with E-state index in [0.29, 0.717) is 5.82 Å². The number of hydrogen-bond donors (Lipinski definition) is 2. The van der Waals surface area contributed by atoms with Crippen LogP contribution in [0.5, 0.6) is 0 Å². The van der Waals surface area contributed by atoms with Crippen molar-refractivity contribution in [3.8, 4) is 0 Å². The van der Waals surface area contributed by atoms with Gasteiger partial charge in [0, 0.05) is 17.5 Å². The van der Waals surface area contributed by atoms with Crippen LogP contribution in [0.2, 0.25) is 0 Å². The number of hydrogen-bond acceptors (Lipinski definition) is 3. The molecule has 0 saturated carbocycles. The normalized spacial score (nSPS) is 11.5. The van der Waals surface area contributed by atoms with Crippen LogP contribution in [0.3, 0.4) is 0 Å². The lowest BCUT2D eigenvalue weighted by molar-refractivity contribution is -0.130. The predicted octanol–water partition coefficient (Wildman–Crippen LogP) is 1.56. The van der Waals surface area contributed by atoms with E-state index in [0.717, 1.165) is 0 Å². The number of nitrogens with zero attached hydrogens (tertiary/aromatic N) is 2. The number of nitrogens with one attached hydrogen (secondary N) is 2. The second-order valence-electron chi connectivity index (χ2n) is 5.74. The molecule has 0 saturated heterocycles. The van der Waals surface area contributed by atoms with Crippen LogP contribution in [-0.4, -0.2) is 28.1 Å². The van der Waals surface area contributed by atoms with E-state index in [-0.39, 0.29) is 24.4 Å². The molecule has 19 heavy (non-hydrogen) atoms. The number of carbonyl (C=O) groups excluding carboxylic acids is 2. The molecule has 0 radical (unpaired) electrons. The monoisotopic (exact) mass is 266 g/mol. The molecule has 6 nitrogen and oxygen atoms in total. The Bertz CT molecular complexity index is 457. The fraction of sp³-hybridized carbons (Fsp3) is 0.615. The fourth-order valence-corrected chi connectivity index (χ4v) is 1.44. The number of rotatable bonds is 4. The van der Waals surface area contributed by atoms with Gasteiger partial charge in [-0.2, -0.15) is 5.10 Å². The van der Waals surface area contributed by atoms with Crippen molar-refractivity contribution >= 4 is 17.6 Å². The molecular weight excluding hydrogens is 244 g/mol. The van der Waals surface area contributed by atoms with Gasteiger partial charge in [-0.05, 0) is 13.8 Å². The quantitative estimate of drug-likeness (QED) is 0.868. The van der Waals surface area contributed by atoms with E-state index in [1.165, 1.54) is 0 Å². The molecule has 0 unspecified atom stereocenters. The number of aromatic nitrogens is 2. The minimum absolute atomic E-state index is 0.0423. The summed E-state index contributed by atoms with van der Waals surface area (Å²) in [4.78, 5) is 23.4. The Labute approximate surface area is 113 Å². The predicted molar refractivity (Wildman–Crippen MR) is 73.7 cm³/mol. The molecule has 2 N–H and O–H groups in total. The summed E-state index contributed by atoms with van der Waals surface area (Å²) in [6.07, 6.45) is 1.63. The van der Waals surface area contributed by atoms with E-state index in [1.54, 1.807) is 37.7 Å². The first-order valence-electron chi connectivity index (χ1n) is 6.33. The largest absolute Gasteiger partial charge is 0.347 e. The molecule has 0 aromatic carbocycles. The van der Waals surface area contributed by atoms with Crippen molar-refractivity contribution in [1.82, 2.24) is 15.1 Å². The zero-order valence-electron chi connectivity index (χ0n) is 12.2. The summed E-state index contributed by atoms with van der Waals surface area (Å²) < 4.78 is 1.71. The third kappa shape index (κ3) is 4.39. The van der Waals surface area contributed by atoms with Crippen molar-refractivity contribution in [2.45, 2.75) is 40.7 Å². The van der Waals surface area contributed by atoms with Crippen LogP contribution in [0.15, 0.2) is 12.3 Å². The fourth-order valence-electron chi connectivity index (χ4n) is 1.44. The number of amides is 2. The highest BCUT2D eigenvalue weighted by molar-refractivity contribution is 5.94. The van der Waals surface area contributed by atoms with Gasteiger partial charge in [0.15, 0.2) is 0 Å². The Hall–Kier alpha value is -1.85. The van der Waals surface area contributed by atoms with Crippen molar-refractivity contribution < 1.29 is 9.59 Å². The van der Waals surface area contributed by atoms with Gasteiger partial charge in [-0.25, -0.2) is 4.68 Å². The van der Waals surface area contributed by atoms with Crippen LogP contribution in [0, 0.1) is 5.41 Å². The molecule has 1 aromatic heterocycles. The van der Waals surface area contributed by atoms with Crippen molar-refractivity contribution in [2.24, 2.45) is 5.41 Å². The smallest absolute Gasteiger partial charge is 0.244 e. The van der Waals surface area contributed by atoms with Gasteiger partial charge in [0.25, 0.3) is 0 Å². The Morgan fingerprint density at radius 3 is 2.53 bits per heavy atom. The topological polar surface area (TPSA) is 76.0 Å². The second kappa shape index (κ2) is 5.86. The number of anilines is 1. The maximum atomic E-state index is 11.7. The molecule has 2 amide bonds. The highest BCUT2D eigenvalue weighted by Crippen LogP contribution is 2.13. The third-order valence-corrected chi connectivity index (χ3v) is 2.52. The zero-order valence-corrected chi connectivity index (χ0v) is 12.2. The van der Waals surface area contributed by atoms with E-state index < -0.39 is 5.41 Å². The molecule has 0 aliphatic heterocycles. The average Bonchev–Trinajstić information content (AvgIpc) is 2.72. The van der Waals surface area contributed by atoms with Gasteiger partial charge < -0.3 is 10.6 Å². The maximum Gasteiger partial charge on any atom is 0.244 e. The lowest BCUT2D eigenvalue weighted by Crippen LogP contribution is -2.39. The molecule has 1 heterocycles. The highest BCUT2D eigenvalue weighted by atomic mass is 16.2. The third-order valence-electron chi connectivity index (χ3n) is 2.52. The van der Waals surface area contributed by atoms with Crippen molar-refractivity contribution in [3.63, 3.8) is 0 Å². The van der Waals surface area contributed by atoms with Gasteiger partial charge in [0.2, 0.25) is 11.8 Å². The molecule has 0 spiro atoms. The summed E-state index contributed by atoms with van der Waals surface area (Å²) in [6.45, 7) is 9.31. The minimum Gasteiger partial charge on any atom is -0.347 e. The molecule has 0 fully saturated rings. The van der Waals surface area contributed by atoms with Gasteiger partial charge in [0.05, 0.1) is 12.7 Å². The van der Waals surface area contributed by atoms with Crippen molar-refractivity contribution in [3.05, 3.63) is 12.3 Å². The molecule has 1 aromatic rings. The lowest BCUT2D eigenvalue weighted by atomic mass is 9.96. The van der Waals surface area contributed by atoms with Crippen LogP contribution in [0.1, 0.15) is 40.7 Å². The van der Waals surface area contributed by atoms with Gasteiger partial charge in [-0.3, -0.25) is 9.59 Å². The number of carbonyl (C=O) groups is 2. The first-order valence-corrected chi connectivity index (χ1v) is 6.33. The first-order chi connectivity index (χ1) is 8.71. The van der Waals surface area contributed by atoms with Gasteiger partial charge >= 0.3 is 0 Å². The van der Waals surface area contributed by atoms with Gasteiger partial charge in [-0.1, -0.05) is 20.8 Å². The molecule has 0 aliphatic carbocycles. The molecule has 0 aliphatic rings.